The van der Waals surface area contributed by atoms with Gasteiger partial charge in [0, 0.05) is 5.69 Å². The van der Waals surface area contributed by atoms with Crippen LogP contribution in [0.1, 0.15) is 22.6 Å². The van der Waals surface area contributed by atoms with Gasteiger partial charge in [-0.25, -0.2) is 13.4 Å². The van der Waals surface area contributed by atoms with Crippen molar-refractivity contribution in [2.45, 2.75) is 32.6 Å². The molecule has 3 aromatic rings. The van der Waals surface area contributed by atoms with Gasteiger partial charge in [-0.3, -0.25) is 4.72 Å². The molecule has 136 valence electrons. The minimum atomic E-state index is -3.80. The quantitative estimate of drug-likeness (QED) is 0.706. The third kappa shape index (κ3) is 3.85. The number of rotatable bonds is 5. The number of aryl methyl sites for hydroxylation is 4. The van der Waals surface area contributed by atoms with E-state index in [1.165, 1.54) is 0 Å². The topological polar surface area (TPSA) is 97.1 Å². The first kappa shape index (κ1) is 17.9. The van der Waals surface area contributed by atoms with Gasteiger partial charge < -0.3 is 9.84 Å². The molecule has 26 heavy (non-hydrogen) atoms. The Morgan fingerprint density at radius 2 is 1.65 bits per heavy atom. The second-order valence-electron chi connectivity index (χ2n) is 6.19. The molecule has 0 saturated heterocycles. The van der Waals surface area contributed by atoms with E-state index in [4.69, 9.17) is 4.52 Å². The van der Waals surface area contributed by atoms with Gasteiger partial charge in [0.05, 0.1) is 11.9 Å². The van der Waals surface area contributed by atoms with E-state index in [0.717, 1.165) is 22.5 Å². The summed E-state index contributed by atoms with van der Waals surface area (Å²) < 4.78 is 32.3. The second kappa shape index (κ2) is 6.80. The lowest BCUT2D eigenvalue weighted by molar-refractivity contribution is 0.390. The maximum atomic E-state index is 12.5. The van der Waals surface area contributed by atoms with Crippen LogP contribution in [0.5, 0.6) is 0 Å². The molecule has 2 heterocycles. The fraction of sp³-hybridized carbons (Fsp3) is 0.222. The molecule has 0 unspecified atom stereocenters. The van der Waals surface area contributed by atoms with Gasteiger partial charge in [0.15, 0.2) is 10.7 Å². The fourth-order valence-electron chi connectivity index (χ4n) is 2.79. The lowest BCUT2D eigenvalue weighted by Gasteiger charge is -2.10. The number of sulfonamides is 1. The van der Waals surface area contributed by atoms with Crippen molar-refractivity contribution in [1.82, 2.24) is 10.1 Å². The smallest absolute Gasteiger partial charge is 0.268 e. The maximum Gasteiger partial charge on any atom is 0.268 e. The van der Waals surface area contributed by atoms with Crippen molar-refractivity contribution >= 4 is 27.2 Å². The van der Waals surface area contributed by atoms with Gasteiger partial charge in [-0.1, -0.05) is 11.2 Å². The predicted molar refractivity (Wildman–Crippen MR) is 100 cm³/mol. The van der Waals surface area contributed by atoms with Gasteiger partial charge in [0.2, 0.25) is 0 Å². The van der Waals surface area contributed by atoms with Crippen LogP contribution in [0.25, 0.3) is 0 Å². The van der Waals surface area contributed by atoms with E-state index in [2.05, 4.69) is 26.2 Å². The summed E-state index contributed by atoms with van der Waals surface area (Å²) in [6.07, 6.45) is 1.57. The summed E-state index contributed by atoms with van der Waals surface area (Å²) >= 11 is 0. The van der Waals surface area contributed by atoms with Gasteiger partial charge in [-0.05, 0) is 63.1 Å². The number of pyridine rings is 1. The van der Waals surface area contributed by atoms with Crippen molar-refractivity contribution in [2.24, 2.45) is 0 Å². The summed E-state index contributed by atoms with van der Waals surface area (Å²) in [5.41, 5.74) is 4.33. The van der Waals surface area contributed by atoms with E-state index in [1.807, 2.05) is 26.0 Å². The molecule has 2 aromatic heterocycles. The number of nitrogens with zero attached hydrogens (tertiary/aromatic N) is 2. The normalized spacial score (nSPS) is 11.4. The summed E-state index contributed by atoms with van der Waals surface area (Å²) in [6.45, 7) is 7.19. The lowest BCUT2D eigenvalue weighted by Crippen LogP contribution is -2.15. The third-order valence-corrected chi connectivity index (χ3v) is 5.35. The standard InChI is InChI=1S/C18H20N4O3S/c1-11-7-12(2)9-16(8-11)20-15-5-6-17(19-10-15)22-26(23,24)18-13(3)21-25-14(18)4/h5-10,20H,1-4H3,(H,19,22). The van der Waals surface area contributed by atoms with E-state index >= 15 is 0 Å². The minimum Gasteiger partial charge on any atom is -0.360 e. The molecule has 0 amide bonds. The van der Waals surface area contributed by atoms with Crippen LogP contribution in [0.15, 0.2) is 45.9 Å². The maximum absolute atomic E-state index is 12.5. The molecule has 0 spiro atoms. The Balaban J connectivity index is 1.77. The van der Waals surface area contributed by atoms with Crippen LogP contribution < -0.4 is 10.0 Å². The van der Waals surface area contributed by atoms with Crippen LogP contribution in [0.2, 0.25) is 0 Å². The first-order valence-corrected chi connectivity index (χ1v) is 9.50. The SMILES string of the molecule is Cc1cc(C)cc(Nc2ccc(NS(=O)(=O)c3c(C)noc3C)nc2)c1. The Morgan fingerprint density at radius 1 is 0.962 bits per heavy atom. The summed E-state index contributed by atoms with van der Waals surface area (Å²) in [4.78, 5) is 4.21. The number of nitrogens with one attached hydrogen (secondary N) is 2. The van der Waals surface area contributed by atoms with Crippen molar-refractivity contribution in [2.75, 3.05) is 10.0 Å². The summed E-state index contributed by atoms with van der Waals surface area (Å²) in [7, 11) is -3.80. The second-order valence-corrected chi connectivity index (χ2v) is 7.81. The first-order valence-electron chi connectivity index (χ1n) is 8.02. The molecule has 7 nitrogen and oxygen atoms in total. The molecule has 0 aliphatic carbocycles. The molecule has 2 N–H and O–H groups in total. The minimum absolute atomic E-state index is 0.0386. The zero-order valence-corrected chi connectivity index (χ0v) is 15.8. The highest BCUT2D eigenvalue weighted by Gasteiger charge is 2.24. The molecule has 1 aromatic carbocycles. The van der Waals surface area contributed by atoms with Crippen LogP contribution in [-0.4, -0.2) is 18.6 Å². The van der Waals surface area contributed by atoms with Crippen molar-refractivity contribution in [3.8, 4) is 0 Å². The van der Waals surface area contributed by atoms with Gasteiger partial charge in [0.1, 0.15) is 11.5 Å². The van der Waals surface area contributed by atoms with Gasteiger partial charge in [0.25, 0.3) is 10.0 Å². The summed E-state index contributed by atoms with van der Waals surface area (Å²) in [5, 5.41) is 6.93. The van der Waals surface area contributed by atoms with Crippen molar-refractivity contribution in [3.63, 3.8) is 0 Å². The largest absolute Gasteiger partial charge is 0.360 e. The van der Waals surface area contributed by atoms with Crippen LogP contribution in [0.4, 0.5) is 17.2 Å². The highest BCUT2D eigenvalue weighted by molar-refractivity contribution is 7.92. The number of hydrogen-bond acceptors (Lipinski definition) is 6. The highest BCUT2D eigenvalue weighted by Crippen LogP contribution is 2.23. The number of aromatic nitrogens is 2. The van der Waals surface area contributed by atoms with Crippen molar-refractivity contribution in [1.29, 1.82) is 0 Å². The monoisotopic (exact) mass is 372 g/mol. The molecule has 0 fully saturated rings. The number of anilines is 3. The molecule has 8 heteroatoms. The van der Waals surface area contributed by atoms with Gasteiger partial charge in [-0.15, -0.1) is 0 Å². The Bertz CT molecular complexity index is 1000. The highest BCUT2D eigenvalue weighted by atomic mass is 32.2. The fourth-order valence-corrected chi connectivity index (χ4v) is 4.13. The van der Waals surface area contributed by atoms with Gasteiger partial charge >= 0.3 is 0 Å². The van der Waals surface area contributed by atoms with Crippen LogP contribution in [0.3, 0.4) is 0 Å². The zero-order valence-electron chi connectivity index (χ0n) is 15.0. The molecule has 0 bridgehead atoms. The van der Waals surface area contributed by atoms with Crippen LogP contribution >= 0.6 is 0 Å². The molecule has 3 rings (SSSR count). The molecule has 0 aliphatic rings. The Kier molecular flexibility index (Phi) is 4.69. The van der Waals surface area contributed by atoms with E-state index in [-0.39, 0.29) is 16.5 Å². The third-order valence-electron chi connectivity index (χ3n) is 3.75. The molecule has 0 saturated carbocycles. The molecular formula is C18H20N4O3S. The summed E-state index contributed by atoms with van der Waals surface area (Å²) in [6, 6.07) is 9.51. The van der Waals surface area contributed by atoms with Crippen LogP contribution in [0, 0.1) is 27.7 Å². The van der Waals surface area contributed by atoms with Crippen molar-refractivity contribution < 1.29 is 12.9 Å². The summed E-state index contributed by atoms with van der Waals surface area (Å²) in [5.74, 6) is 0.457. The average molecular weight is 372 g/mol. The van der Waals surface area contributed by atoms with Crippen molar-refractivity contribution in [3.05, 3.63) is 59.1 Å². The molecule has 0 aliphatic heterocycles. The average Bonchev–Trinajstić information content (AvgIpc) is 2.87. The van der Waals surface area contributed by atoms with E-state index < -0.39 is 10.0 Å². The van der Waals surface area contributed by atoms with Crippen LogP contribution in [-0.2, 0) is 10.0 Å². The number of benzene rings is 1. The molecule has 0 radical (unpaired) electrons. The predicted octanol–water partition coefficient (Wildman–Crippen LogP) is 3.85. The lowest BCUT2D eigenvalue weighted by atomic mass is 10.1. The zero-order chi connectivity index (χ0) is 18.9. The number of hydrogen-bond donors (Lipinski definition) is 2. The Hall–Kier alpha value is -2.87. The van der Waals surface area contributed by atoms with Gasteiger partial charge in [-0.2, -0.15) is 0 Å². The van der Waals surface area contributed by atoms with E-state index in [9.17, 15) is 8.42 Å². The van der Waals surface area contributed by atoms with E-state index in [0.29, 0.717) is 5.69 Å². The Labute approximate surface area is 152 Å². The molecule has 0 atom stereocenters. The Morgan fingerprint density at radius 3 is 2.19 bits per heavy atom. The first-order chi connectivity index (χ1) is 12.2. The van der Waals surface area contributed by atoms with E-state index in [1.54, 1.807) is 32.2 Å². The molecular weight excluding hydrogens is 352 g/mol.